The Morgan fingerprint density at radius 1 is 0.500 bits per heavy atom. The number of hydrogen-bond donors (Lipinski definition) is 2. The van der Waals surface area contributed by atoms with Crippen LogP contribution in [-0.2, 0) is 39.0 Å². The van der Waals surface area contributed by atoms with E-state index in [1.165, 1.54) is 0 Å². The first-order valence-electron chi connectivity index (χ1n) is 10.2. The summed E-state index contributed by atoms with van der Waals surface area (Å²) in [5.41, 5.74) is -2.95. The van der Waals surface area contributed by atoms with Crippen LogP contribution in [0.2, 0.25) is 0 Å². The van der Waals surface area contributed by atoms with E-state index in [0.29, 0.717) is 24.9 Å². The van der Waals surface area contributed by atoms with Crippen LogP contribution in [0.5, 0.6) is 0 Å². The van der Waals surface area contributed by atoms with E-state index in [0.717, 1.165) is 0 Å². The molecule has 0 aromatic carbocycles. The van der Waals surface area contributed by atoms with Gasteiger partial charge in [-0.3, -0.25) is 9.80 Å². The van der Waals surface area contributed by atoms with E-state index in [4.69, 9.17) is 0 Å². The zero-order valence-corrected chi connectivity index (χ0v) is 21.8. The summed E-state index contributed by atoms with van der Waals surface area (Å²) in [7, 11) is 3.68. The minimum absolute atomic E-state index is 0. The monoisotopic (exact) mass is 606 g/mol. The molecule has 168 valence electrons. The van der Waals surface area contributed by atoms with E-state index in [2.05, 4.69) is 0 Å². The summed E-state index contributed by atoms with van der Waals surface area (Å²) >= 11 is 0. The molecule has 5 rings (SSSR count). The van der Waals surface area contributed by atoms with Gasteiger partial charge in [0.15, 0.2) is 11.4 Å². The van der Waals surface area contributed by atoms with Crippen molar-refractivity contribution in [1.82, 2.24) is 9.80 Å². The fourth-order valence-electron chi connectivity index (χ4n) is 3.85. The predicted octanol–water partition coefficient (Wildman–Crippen LogP) is 2.09. The summed E-state index contributed by atoms with van der Waals surface area (Å²) in [6, 6.07) is 0. The molecular formula is C26H30N2O2Ru2+4. The van der Waals surface area contributed by atoms with Crippen molar-refractivity contribution in [3.05, 3.63) is 127 Å². The fourth-order valence-corrected chi connectivity index (χ4v) is 3.85. The minimum atomic E-state index is -1.47. The van der Waals surface area contributed by atoms with E-state index in [-0.39, 0.29) is 39.0 Å². The van der Waals surface area contributed by atoms with Crippen LogP contribution in [-0.4, -0.2) is 58.6 Å². The zero-order chi connectivity index (χ0) is 21.5. The van der Waals surface area contributed by atoms with Gasteiger partial charge in [0.2, 0.25) is 0 Å². The average molecular weight is 605 g/mol. The number of nitrogens with zero attached hydrogens (tertiary/aromatic N) is 2. The molecule has 6 heteroatoms. The molecule has 1 aliphatic heterocycles. The van der Waals surface area contributed by atoms with Crippen molar-refractivity contribution in [1.29, 1.82) is 0 Å². The summed E-state index contributed by atoms with van der Waals surface area (Å²) in [5, 5.41) is 22.8. The second-order valence-electron chi connectivity index (χ2n) is 7.46. The molecule has 5 aliphatic rings. The zero-order valence-electron chi connectivity index (χ0n) is 18.3. The summed E-state index contributed by atoms with van der Waals surface area (Å²) < 4.78 is 0. The Labute approximate surface area is 224 Å². The molecule has 32 heavy (non-hydrogen) atoms. The van der Waals surface area contributed by atoms with Gasteiger partial charge >= 0.3 is 39.0 Å². The molecule has 4 saturated carbocycles. The molecule has 1 saturated heterocycles. The third-order valence-corrected chi connectivity index (χ3v) is 5.60. The Balaban J connectivity index is 0.000000353. The van der Waals surface area contributed by atoms with Crippen LogP contribution >= 0.6 is 0 Å². The Hall–Kier alpha value is 1.09. The van der Waals surface area contributed by atoms with Gasteiger partial charge in [-0.2, -0.15) is 0 Å². The molecule has 5 fully saturated rings. The first-order valence-corrected chi connectivity index (χ1v) is 10.2. The largest absolute Gasteiger partial charge is 2.00 e. The predicted molar refractivity (Wildman–Crippen MR) is 119 cm³/mol. The smallest absolute Gasteiger partial charge is 0.371 e. The molecule has 2 N–H and O–H groups in total. The van der Waals surface area contributed by atoms with E-state index < -0.39 is 11.4 Å². The molecular weight excluding hydrogens is 574 g/mol. The van der Waals surface area contributed by atoms with Crippen molar-refractivity contribution < 1.29 is 49.2 Å². The van der Waals surface area contributed by atoms with Crippen LogP contribution in [0.15, 0.2) is 0 Å². The second kappa shape index (κ2) is 15.3. The van der Waals surface area contributed by atoms with Crippen LogP contribution in [0.4, 0.5) is 0 Å². The maximum absolute atomic E-state index is 11.4. The number of hydrogen-bond acceptors (Lipinski definition) is 4. The molecule has 0 aromatic rings. The molecule has 4 nitrogen and oxygen atoms in total. The number of piperazine rings is 1. The van der Waals surface area contributed by atoms with Crippen molar-refractivity contribution in [2.75, 3.05) is 27.2 Å². The minimum Gasteiger partial charge on any atom is -0.371 e. The fraction of sp³-hybridized carbons (Fsp3) is 0.231. The van der Waals surface area contributed by atoms with Gasteiger partial charge in [-0.15, -0.1) is 0 Å². The second-order valence-corrected chi connectivity index (χ2v) is 7.46. The molecule has 0 unspecified atom stereocenters. The molecule has 0 aromatic heterocycles. The van der Waals surface area contributed by atoms with E-state index >= 15 is 0 Å². The van der Waals surface area contributed by atoms with Gasteiger partial charge in [0.25, 0.3) is 0 Å². The van der Waals surface area contributed by atoms with Crippen LogP contribution in [0.1, 0.15) is 0 Å². The summed E-state index contributed by atoms with van der Waals surface area (Å²) in [6.45, 7) is 1.36. The number of likely N-dealkylation sites (N-methyl/N-ethyl adjacent to an activating group) is 2. The molecule has 20 radical (unpaired) electrons. The summed E-state index contributed by atoms with van der Waals surface area (Å²) in [5.74, 6) is 1.41. The third-order valence-electron chi connectivity index (χ3n) is 5.60. The van der Waals surface area contributed by atoms with Crippen molar-refractivity contribution in [2.45, 2.75) is 11.4 Å². The van der Waals surface area contributed by atoms with Gasteiger partial charge in [-0.1, -0.05) is 0 Å². The summed E-state index contributed by atoms with van der Waals surface area (Å²) in [4.78, 5) is 3.63. The van der Waals surface area contributed by atoms with Gasteiger partial charge in [-0.05, 0) is 130 Å². The molecule has 2 atom stereocenters. The Morgan fingerprint density at radius 3 is 0.938 bits per heavy atom. The molecule has 4 aliphatic carbocycles. The van der Waals surface area contributed by atoms with Gasteiger partial charge < -0.3 is 10.2 Å². The number of rotatable bonds is 2. The summed E-state index contributed by atoms with van der Waals surface area (Å²) in [6.07, 6.45) is 34.9. The van der Waals surface area contributed by atoms with Crippen molar-refractivity contribution in [3.63, 3.8) is 0 Å². The van der Waals surface area contributed by atoms with Crippen LogP contribution < -0.4 is 0 Å². The van der Waals surface area contributed by atoms with E-state index in [1.54, 1.807) is 0 Å². The van der Waals surface area contributed by atoms with Gasteiger partial charge in [0.05, 0.1) is 0 Å². The van der Waals surface area contributed by atoms with E-state index in [9.17, 15) is 10.2 Å². The molecule has 1 heterocycles. The van der Waals surface area contributed by atoms with E-state index in [1.807, 2.05) is 139 Å². The number of aliphatic hydroxyl groups is 2. The molecule has 0 spiro atoms. The normalized spacial score (nSPS) is 34.1. The third kappa shape index (κ3) is 7.07. The maximum atomic E-state index is 11.4. The van der Waals surface area contributed by atoms with Crippen LogP contribution in [0, 0.1) is 127 Å². The topological polar surface area (TPSA) is 46.9 Å². The Morgan fingerprint density at radius 2 is 0.719 bits per heavy atom. The van der Waals surface area contributed by atoms with Crippen molar-refractivity contribution in [3.8, 4) is 0 Å². The standard InChI is InChI=1S/C16H20N2O2.2C5H5.2Ru/c1-17-11-12-18(2)16(20,14-9-5-6-10-14)15(17,19)13-7-3-4-8-13;2*1-2-4-5-3-1;;/h3-10,19-20H,11-12H2,1-2H3;2*1-5H;;/q;;;2*+2/t15-,16-;;;;/m1..../s1. The quantitative estimate of drug-likeness (QED) is 0.475. The maximum Gasteiger partial charge on any atom is 2.00 e. The average Bonchev–Trinajstić information content (AvgIpc) is 3.58. The molecule has 0 amide bonds. The Bertz CT molecular complexity index is 433. The Kier molecular flexibility index (Phi) is 14.8. The van der Waals surface area contributed by atoms with Crippen molar-refractivity contribution >= 4 is 0 Å². The van der Waals surface area contributed by atoms with Gasteiger partial charge in [0.1, 0.15) is 0 Å². The first-order chi connectivity index (χ1) is 14.5. The van der Waals surface area contributed by atoms with Crippen LogP contribution in [0.3, 0.4) is 0 Å². The van der Waals surface area contributed by atoms with Crippen LogP contribution in [0.25, 0.3) is 0 Å². The van der Waals surface area contributed by atoms with Gasteiger partial charge in [0, 0.05) is 24.9 Å². The van der Waals surface area contributed by atoms with Crippen molar-refractivity contribution in [2.24, 2.45) is 0 Å². The van der Waals surface area contributed by atoms with Gasteiger partial charge in [-0.25, -0.2) is 0 Å². The first kappa shape index (κ1) is 31.1. The SMILES string of the molecule is CN1CCN(C)[C@@](O)([C]2[CH][CH][CH][CH]2)[C@]1(O)[C]1[CH][CH][CH][CH]1.[CH]1[CH][CH][CH][CH]1.[CH]1[CH][CH][CH][CH]1.[Ru+2].[Ru+2]. The molecule has 0 bridgehead atoms.